The van der Waals surface area contributed by atoms with Gasteiger partial charge >= 0.3 is 12.1 Å². The summed E-state index contributed by atoms with van der Waals surface area (Å²) in [4.78, 5) is 10.9. The Bertz CT molecular complexity index is 204. The van der Waals surface area contributed by atoms with Crippen molar-refractivity contribution in [2.75, 3.05) is 13.7 Å². The average Bonchev–Trinajstić information content (AvgIpc) is 2.50. The van der Waals surface area contributed by atoms with E-state index in [0.717, 1.165) is 0 Å². The van der Waals surface area contributed by atoms with Crippen LogP contribution in [0, 0.1) is 5.92 Å². The first kappa shape index (κ1) is 10.3. The lowest BCUT2D eigenvalue weighted by Gasteiger charge is -2.13. The van der Waals surface area contributed by atoms with Crippen LogP contribution in [-0.4, -0.2) is 31.8 Å². The maximum absolute atomic E-state index is 12.1. The minimum absolute atomic E-state index is 0.0385. The van der Waals surface area contributed by atoms with Crippen molar-refractivity contribution in [3.63, 3.8) is 0 Å². The lowest BCUT2D eigenvalue weighted by Crippen LogP contribution is -2.36. The third-order valence-electron chi connectivity index (χ3n) is 2.06. The van der Waals surface area contributed by atoms with Crippen molar-refractivity contribution in [1.29, 1.82) is 0 Å². The molecular weight excluding hydrogens is 187 g/mol. The lowest BCUT2D eigenvalue weighted by atomic mass is 10.1. The molecule has 76 valence electrons. The van der Waals surface area contributed by atoms with Crippen LogP contribution in [0.5, 0.6) is 0 Å². The van der Waals surface area contributed by atoms with Gasteiger partial charge in [0.2, 0.25) is 0 Å². The van der Waals surface area contributed by atoms with Crippen molar-refractivity contribution in [1.82, 2.24) is 5.32 Å². The lowest BCUT2D eigenvalue weighted by molar-refractivity contribution is -0.154. The predicted octanol–water partition coefficient (Wildman–Crippen LogP) is 0.700. The van der Waals surface area contributed by atoms with E-state index in [-0.39, 0.29) is 13.0 Å². The van der Waals surface area contributed by atoms with Crippen LogP contribution in [0.2, 0.25) is 0 Å². The number of ether oxygens (including phenoxy) is 1. The maximum atomic E-state index is 12.1. The molecule has 1 heterocycles. The zero-order valence-electron chi connectivity index (χ0n) is 7.02. The summed E-state index contributed by atoms with van der Waals surface area (Å²) in [5.41, 5.74) is 0. The fourth-order valence-corrected chi connectivity index (χ4v) is 1.33. The molecule has 2 unspecified atom stereocenters. The molecule has 0 aromatic rings. The van der Waals surface area contributed by atoms with E-state index >= 15 is 0 Å². The molecule has 13 heavy (non-hydrogen) atoms. The van der Waals surface area contributed by atoms with Gasteiger partial charge in [-0.1, -0.05) is 0 Å². The van der Waals surface area contributed by atoms with Crippen LogP contribution in [0.15, 0.2) is 0 Å². The van der Waals surface area contributed by atoms with Gasteiger partial charge in [-0.2, -0.15) is 13.2 Å². The second-order valence-corrected chi connectivity index (χ2v) is 2.96. The third kappa shape index (κ3) is 2.33. The van der Waals surface area contributed by atoms with Crippen LogP contribution < -0.4 is 5.32 Å². The largest absolute Gasteiger partial charge is 0.469 e. The summed E-state index contributed by atoms with van der Waals surface area (Å²) in [5, 5.41) is 2.24. The van der Waals surface area contributed by atoms with Gasteiger partial charge in [-0.15, -0.1) is 0 Å². The molecule has 1 rings (SSSR count). The molecule has 2 atom stereocenters. The summed E-state index contributed by atoms with van der Waals surface area (Å²) in [6.45, 7) is 0.0385. The maximum Gasteiger partial charge on any atom is 0.403 e. The van der Waals surface area contributed by atoms with Gasteiger partial charge in [0, 0.05) is 6.54 Å². The molecule has 1 aliphatic heterocycles. The number of hydrogen-bond acceptors (Lipinski definition) is 3. The van der Waals surface area contributed by atoms with Crippen LogP contribution in [-0.2, 0) is 9.53 Å². The molecule has 6 heteroatoms. The molecule has 0 amide bonds. The van der Waals surface area contributed by atoms with Gasteiger partial charge in [-0.3, -0.25) is 4.79 Å². The molecule has 1 fully saturated rings. The van der Waals surface area contributed by atoms with Crippen molar-refractivity contribution in [2.24, 2.45) is 5.92 Å². The first-order valence-corrected chi connectivity index (χ1v) is 3.83. The number of methoxy groups -OCH3 is 1. The van der Waals surface area contributed by atoms with Crippen LogP contribution in [0.1, 0.15) is 6.42 Å². The van der Waals surface area contributed by atoms with Crippen LogP contribution in [0.3, 0.4) is 0 Å². The van der Waals surface area contributed by atoms with E-state index in [0.29, 0.717) is 0 Å². The minimum atomic E-state index is -4.28. The summed E-state index contributed by atoms with van der Waals surface area (Å²) < 4.78 is 40.6. The van der Waals surface area contributed by atoms with Gasteiger partial charge in [0.05, 0.1) is 13.0 Å². The molecule has 0 aromatic carbocycles. The second-order valence-electron chi connectivity index (χ2n) is 2.96. The standard InChI is InChI=1S/C7H10F3NO2/c1-13-6(12)4-2-5(11-3-4)7(8,9)10/h4-5,11H,2-3H2,1H3. The Morgan fingerprint density at radius 1 is 1.54 bits per heavy atom. The molecule has 3 nitrogen and oxygen atoms in total. The molecular formula is C7H10F3NO2. The van der Waals surface area contributed by atoms with Crippen molar-refractivity contribution < 1.29 is 22.7 Å². The van der Waals surface area contributed by atoms with E-state index in [1.54, 1.807) is 0 Å². The van der Waals surface area contributed by atoms with E-state index < -0.39 is 24.1 Å². The predicted molar refractivity (Wildman–Crippen MR) is 38.0 cm³/mol. The molecule has 1 N–H and O–H groups in total. The van der Waals surface area contributed by atoms with Crippen molar-refractivity contribution in [3.8, 4) is 0 Å². The second kappa shape index (κ2) is 3.53. The Morgan fingerprint density at radius 2 is 2.15 bits per heavy atom. The number of alkyl halides is 3. The van der Waals surface area contributed by atoms with E-state index in [9.17, 15) is 18.0 Å². The Kier molecular flexibility index (Phi) is 2.80. The minimum Gasteiger partial charge on any atom is -0.469 e. The molecule has 0 aliphatic carbocycles. The number of rotatable bonds is 1. The van der Waals surface area contributed by atoms with Crippen LogP contribution >= 0.6 is 0 Å². The van der Waals surface area contributed by atoms with E-state index in [2.05, 4.69) is 10.1 Å². The molecule has 0 aromatic heterocycles. The summed E-state index contributed by atoms with van der Waals surface area (Å²) in [5.74, 6) is -1.25. The van der Waals surface area contributed by atoms with Gasteiger partial charge in [-0.05, 0) is 6.42 Å². The zero-order chi connectivity index (χ0) is 10.1. The number of esters is 1. The first-order valence-electron chi connectivity index (χ1n) is 3.83. The van der Waals surface area contributed by atoms with E-state index in [1.165, 1.54) is 7.11 Å². The fourth-order valence-electron chi connectivity index (χ4n) is 1.33. The van der Waals surface area contributed by atoms with Gasteiger partial charge in [-0.25, -0.2) is 0 Å². The Morgan fingerprint density at radius 3 is 2.54 bits per heavy atom. The van der Waals surface area contributed by atoms with Crippen LogP contribution in [0.25, 0.3) is 0 Å². The highest BCUT2D eigenvalue weighted by Gasteiger charge is 2.45. The van der Waals surface area contributed by atoms with E-state index in [1.807, 2.05) is 0 Å². The van der Waals surface area contributed by atoms with Gasteiger partial charge in [0.1, 0.15) is 6.04 Å². The summed E-state index contributed by atoms with van der Waals surface area (Å²) in [6.07, 6.45) is -4.50. The highest BCUT2D eigenvalue weighted by atomic mass is 19.4. The van der Waals surface area contributed by atoms with Crippen molar-refractivity contribution in [2.45, 2.75) is 18.6 Å². The highest BCUT2D eigenvalue weighted by molar-refractivity contribution is 5.73. The van der Waals surface area contributed by atoms with Gasteiger partial charge < -0.3 is 10.1 Å². The van der Waals surface area contributed by atoms with Crippen molar-refractivity contribution >= 4 is 5.97 Å². The molecule has 0 saturated carbocycles. The fraction of sp³-hybridized carbons (Fsp3) is 0.857. The number of hydrogen-bond donors (Lipinski definition) is 1. The van der Waals surface area contributed by atoms with Crippen LogP contribution in [0.4, 0.5) is 13.2 Å². The SMILES string of the molecule is COC(=O)C1CNC(C(F)(F)F)C1. The number of carbonyl (C=O) groups is 1. The average molecular weight is 197 g/mol. The molecule has 1 saturated heterocycles. The molecule has 0 radical (unpaired) electrons. The smallest absolute Gasteiger partial charge is 0.403 e. The van der Waals surface area contributed by atoms with Gasteiger partial charge in [0.25, 0.3) is 0 Å². The highest BCUT2D eigenvalue weighted by Crippen LogP contribution is 2.29. The quantitative estimate of drug-likeness (QED) is 0.629. The monoisotopic (exact) mass is 197 g/mol. The summed E-state index contributed by atoms with van der Waals surface area (Å²) in [7, 11) is 1.17. The normalized spacial score (nSPS) is 28.9. The Hall–Kier alpha value is -0.780. The van der Waals surface area contributed by atoms with Crippen molar-refractivity contribution in [3.05, 3.63) is 0 Å². The zero-order valence-corrected chi connectivity index (χ0v) is 7.02. The summed E-state index contributed by atoms with van der Waals surface area (Å²) in [6, 6.07) is -1.57. The molecule has 0 spiro atoms. The number of carbonyl (C=O) groups excluding carboxylic acids is 1. The topological polar surface area (TPSA) is 38.3 Å². The third-order valence-corrected chi connectivity index (χ3v) is 2.06. The molecule has 0 bridgehead atoms. The van der Waals surface area contributed by atoms with E-state index in [4.69, 9.17) is 0 Å². The molecule has 1 aliphatic rings. The number of halogens is 3. The Labute approximate surface area is 73.2 Å². The Balaban J connectivity index is 2.50. The van der Waals surface area contributed by atoms with Gasteiger partial charge in [0.15, 0.2) is 0 Å². The summed E-state index contributed by atoms with van der Waals surface area (Å²) >= 11 is 0. The first-order chi connectivity index (χ1) is 5.95. The number of nitrogens with one attached hydrogen (secondary N) is 1.